The third-order valence-corrected chi connectivity index (χ3v) is 5.44. The van der Waals surface area contributed by atoms with E-state index in [-0.39, 0.29) is 4.47 Å². The number of hydrogen-bond acceptors (Lipinski definition) is 2. The Kier molecular flexibility index (Phi) is 3.36. The summed E-state index contributed by atoms with van der Waals surface area (Å²) < 4.78 is 27.7. The van der Waals surface area contributed by atoms with Gasteiger partial charge in [-0.25, -0.2) is 13.8 Å². The Morgan fingerprint density at radius 3 is 2.67 bits per heavy atom. The lowest BCUT2D eigenvalue weighted by atomic mass is 9.90. The average Bonchev–Trinajstić information content (AvgIpc) is 2.81. The van der Waals surface area contributed by atoms with Crippen molar-refractivity contribution in [2.75, 3.05) is 0 Å². The molecule has 1 aromatic heterocycles. The number of thiazole rings is 1. The van der Waals surface area contributed by atoms with E-state index in [2.05, 4.69) is 20.9 Å². The van der Waals surface area contributed by atoms with Gasteiger partial charge in [-0.15, -0.1) is 11.3 Å². The minimum absolute atomic E-state index is 0.0890. The minimum atomic E-state index is -0.583. The quantitative estimate of drug-likeness (QED) is 0.639. The van der Waals surface area contributed by atoms with Gasteiger partial charge >= 0.3 is 0 Å². The largest absolute Gasteiger partial charge is 0.241 e. The van der Waals surface area contributed by atoms with E-state index < -0.39 is 11.6 Å². The summed E-state index contributed by atoms with van der Waals surface area (Å²) in [6, 6.07) is 1.31. The van der Waals surface area contributed by atoms with Crippen molar-refractivity contribution in [1.29, 1.82) is 0 Å². The van der Waals surface area contributed by atoms with E-state index in [1.165, 1.54) is 36.7 Å². The molecule has 0 saturated heterocycles. The predicted octanol–water partition coefficient (Wildman–Crippen LogP) is 5.38. The van der Waals surface area contributed by atoms with Gasteiger partial charge < -0.3 is 0 Å². The molecule has 3 rings (SSSR count). The molecule has 0 N–H and O–H groups in total. The molecule has 18 heavy (non-hydrogen) atoms. The second-order valence-electron chi connectivity index (χ2n) is 4.72. The third-order valence-electron chi connectivity index (χ3n) is 3.49. The normalized spacial score (nSPS) is 17.5. The molecular formula is C13H12BrF2NS. The molecular weight excluding hydrogens is 320 g/mol. The lowest BCUT2D eigenvalue weighted by Crippen LogP contribution is -2.03. The Balaban J connectivity index is 2.07. The van der Waals surface area contributed by atoms with Crippen LogP contribution in [0.1, 0.15) is 43.0 Å². The van der Waals surface area contributed by atoms with Crippen LogP contribution in [0.5, 0.6) is 0 Å². The predicted molar refractivity (Wildman–Crippen MR) is 73.1 cm³/mol. The van der Waals surface area contributed by atoms with Gasteiger partial charge in [0.1, 0.15) is 5.82 Å². The number of nitrogens with zero attached hydrogens (tertiary/aromatic N) is 1. The standard InChI is InChI=1S/C13H12BrF2NS/c14-10-8(15)6-9-12(11(10)16)18-13(17-9)7-4-2-1-3-5-7/h6-7H,1-5H2. The first-order valence-electron chi connectivity index (χ1n) is 6.10. The maximum absolute atomic E-state index is 13.9. The van der Waals surface area contributed by atoms with Gasteiger partial charge in [0.25, 0.3) is 0 Å². The molecule has 1 aromatic carbocycles. The molecule has 0 unspecified atom stereocenters. The lowest BCUT2D eigenvalue weighted by molar-refractivity contribution is 0.443. The zero-order valence-corrected chi connectivity index (χ0v) is 12.1. The van der Waals surface area contributed by atoms with Crippen molar-refractivity contribution in [2.45, 2.75) is 38.0 Å². The van der Waals surface area contributed by atoms with Crippen LogP contribution in [-0.4, -0.2) is 4.98 Å². The van der Waals surface area contributed by atoms with E-state index in [0.717, 1.165) is 17.8 Å². The second kappa shape index (κ2) is 4.85. The summed E-state index contributed by atoms with van der Waals surface area (Å²) in [6.07, 6.45) is 5.92. The Morgan fingerprint density at radius 2 is 1.94 bits per heavy atom. The zero-order chi connectivity index (χ0) is 12.7. The highest BCUT2D eigenvalue weighted by atomic mass is 79.9. The highest BCUT2D eigenvalue weighted by molar-refractivity contribution is 9.10. The molecule has 1 aliphatic carbocycles. The van der Waals surface area contributed by atoms with Gasteiger partial charge in [-0.05, 0) is 28.8 Å². The fourth-order valence-corrected chi connectivity index (χ4v) is 4.12. The Hall–Kier alpha value is -0.550. The molecule has 0 bridgehead atoms. The molecule has 0 aliphatic heterocycles. The van der Waals surface area contributed by atoms with Gasteiger partial charge in [-0.1, -0.05) is 19.3 Å². The molecule has 0 radical (unpaired) electrons. The first-order valence-corrected chi connectivity index (χ1v) is 7.71. The Bertz CT molecular complexity index is 590. The van der Waals surface area contributed by atoms with E-state index in [1.807, 2.05) is 0 Å². The summed E-state index contributed by atoms with van der Waals surface area (Å²) in [6.45, 7) is 0. The first kappa shape index (κ1) is 12.5. The summed E-state index contributed by atoms with van der Waals surface area (Å²) >= 11 is 4.30. The third kappa shape index (κ3) is 2.07. The average molecular weight is 332 g/mol. The Morgan fingerprint density at radius 1 is 1.22 bits per heavy atom. The number of rotatable bonds is 1. The molecule has 5 heteroatoms. The topological polar surface area (TPSA) is 12.9 Å². The van der Waals surface area contributed by atoms with Crippen molar-refractivity contribution in [3.05, 3.63) is 27.2 Å². The summed E-state index contributed by atoms with van der Waals surface area (Å²) in [4.78, 5) is 4.42. The SMILES string of the molecule is Fc1cc2nc(C3CCCCC3)sc2c(F)c1Br. The van der Waals surface area contributed by atoms with Crippen molar-refractivity contribution in [3.63, 3.8) is 0 Å². The molecule has 0 amide bonds. The van der Waals surface area contributed by atoms with Crippen molar-refractivity contribution in [3.8, 4) is 0 Å². The fourth-order valence-electron chi connectivity index (χ4n) is 2.52. The molecule has 0 atom stereocenters. The lowest BCUT2D eigenvalue weighted by Gasteiger charge is -2.18. The number of aromatic nitrogens is 1. The first-order chi connectivity index (χ1) is 8.66. The van der Waals surface area contributed by atoms with Crippen molar-refractivity contribution in [1.82, 2.24) is 4.98 Å². The number of fused-ring (bicyclic) bond motifs is 1. The maximum Gasteiger partial charge on any atom is 0.159 e. The van der Waals surface area contributed by atoms with Crippen LogP contribution in [0.15, 0.2) is 10.5 Å². The van der Waals surface area contributed by atoms with Crippen LogP contribution in [0.3, 0.4) is 0 Å². The summed E-state index contributed by atoms with van der Waals surface area (Å²) in [5.74, 6) is -0.678. The molecule has 1 nitrogen and oxygen atoms in total. The van der Waals surface area contributed by atoms with Gasteiger partial charge in [0.05, 0.1) is 19.7 Å². The summed E-state index contributed by atoms with van der Waals surface area (Å²) in [5.41, 5.74) is 0.443. The second-order valence-corrected chi connectivity index (χ2v) is 6.55. The molecule has 1 saturated carbocycles. The van der Waals surface area contributed by atoms with Crippen LogP contribution in [0.4, 0.5) is 8.78 Å². The van der Waals surface area contributed by atoms with Gasteiger partial charge in [0.15, 0.2) is 5.82 Å². The maximum atomic E-state index is 13.9. The van der Waals surface area contributed by atoms with Crippen molar-refractivity contribution < 1.29 is 8.78 Å². The summed E-state index contributed by atoms with van der Waals surface area (Å²) in [7, 11) is 0. The highest BCUT2D eigenvalue weighted by Crippen LogP contribution is 2.39. The van der Waals surface area contributed by atoms with Crippen LogP contribution in [-0.2, 0) is 0 Å². The molecule has 0 spiro atoms. The van der Waals surface area contributed by atoms with Crippen LogP contribution in [0.2, 0.25) is 0 Å². The van der Waals surface area contributed by atoms with Gasteiger partial charge in [0, 0.05) is 12.0 Å². The van der Waals surface area contributed by atoms with Crippen LogP contribution >= 0.6 is 27.3 Å². The van der Waals surface area contributed by atoms with Gasteiger partial charge in [0.2, 0.25) is 0 Å². The smallest absolute Gasteiger partial charge is 0.159 e. The fraction of sp³-hybridized carbons (Fsp3) is 0.462. The van der Waals surface area contributed by atoms with E-state index in [0.29, 0.717) is 16.1 Å². The van der Waals surface area contributed by atoms with Crippen LogP contribution in [0, 0.1) is 11.6 Å². The van der Waals surface area contributed by atoms with E-state index in [4.69, 9.17) is 0 Å². The molecule has 96 valence electrons. The zero-order valence-electron chi connectivity index (χ0n) is 9.68. The molecule has 1 heterocycles. The van der Waals surface area contributed by atoms with Gasteiger partial charge in [-0.2, -0.15) is 0 Å². The summed E-state index contributed by atoms with van der Waals surface area (Å²) in [5, 5.41) is 0.959. The van der Waals surface area contributed by atoms with Crippen molar-refractivity contribution >= 4 is 37.5 Å². The van der Waals surface area contributed by atoms with Crippen molar-refractivity contribution in [2.24, 2.45) is 0 Å². The molecule has 2 aromatic rings. The van der Waals surface area contributed by atoms with Crippen LogP contribution in [0.25, 0.3) is 10.2 Å². The highest BCUT2D eigenvalue weighted by Gasteiger charge is 2.22. The van der Waals surface area contributed by atoms with E-state index in [9.17, 15) is 8.78 Å². The number of benzene rings is 1. The minimum Gasteiger partial charge on any atom is -0.241 e. The Labute approximate surface area is 116 Å². The van der Waals surface area contributed by atoms with Crippen LogP contribution < -0.4 is 0 Å². The molecule has 1 fully saturated rings. The van der Waals surface area contributed by atoms with Gasteiger partial charge in [-0.3, -0.25) is 0 Å². The van der Waals surface area contributed by atoms with E-state index in [1.54, 1.807) is 0 Å². The monoisotopic (exact) mass is 331 g/mol. The van der Waals surface area contributed by atoms with E-state index >= 15 is 0 Å². The molecule has 1 aliphatic rings. The number of halogens is 3. The number of hydrogen-bond donors (Lipinski definition) is 0.